The Kier molecular flexibility index (Phi) is 5.77. The van der Waals surface area contributed by atoms with Crippen LogP contribution in [0.3, 0.4) is 0 Å². The molecular formula is C26H27N7O2. The van der Waals surface area contributed by atoms with Gasteiger partial charge in [-0.15, -0.1) is 5.10 Å². The monoisotopic (exact) mass is 469 g/mol. The summed E-state index contributed by atoms with van der Waals surface area (Å²) in [4.78, 5) is 11.6. The lowest BCUT2D eigenvalue weighted by Gasteiger charge is -2.26. The first-order valence-electron chi connectivity index (χ1n) is 11.8. The summed E-state index contributed by atoms with van der Waals surface area (Å²) >= 11 is 0. The van der Waals surface area contributed by atoms with Gasteiger partial charge in [-0.2, -0.15) is 0 Å². The van der Waals surface area contributed by atoms with Crippen LogP contribution in [-0.2, 0) is 11.3 Å². The molecule has 2 aromatic carbocycles. The predicted octanol–water partition coefficient (Wildman–Crippen LogP) is 3.83. The maximum atomic E-state index is 5.55. The fraction of sp³-hybridized carbons (Fsp3) is 0.269. The van der Waals surface area contributed by atoms with Gasteiger partial charge in [-0.3, -0.25) is 4.90 Å². The number of hydrogen-bond acceptors (Lipinski definition) is 7. The van der Waals surface area contributed by atoms with E-state index in [4.69, 9.17) is 14.6 Å². The fourth-order valence-electron chi connectivity index (χ4n) is 4.54. The van der Waals surface area contributed by atoms with Crippen LogP contribution >= 0.6 is 0 Å². The van der Waals surface area contributed by atoms with Gasteiger partial charge in [-0.25, -0.2) is 14.5 Å². The maximum Gasteiger partial charge on any atom is 0.245 e. The van der Waals surface area contributed by atoms with Gasteiger partial charge in [-0.1, -0.05) is 12.1 Å². The van der Waals surface area contributed by atoms with Crippen molar-refractivity contribution in [2.24, 2.45) is 0 Å². The first kappa shape index (κ1) is 21.6. The summed E-state index contributed by atoms with van der Waals surface area (Å²) in [6.07, 6.45) is 3.73. The van der Waals surface area contributed by atoms with Gasteiger partial charge in [-0.05, 0) is 42.5 Å². The normalized spacial score (nSPS) is 14.5. The van der Waals surface area contributed by atoms with E-state index in [0.717, 1.165) is 78.6 Å². The largest absolute Gasteiger partial charge is 0.496 e. The summed E-state index contributed by atoms with van der Waals surface area (Å²) < 4.78 is 15.1. The second-order valence-electron chi connectivity index (χ2n) is 8.56. The summed E-state index contributed by atoms with van der Waals surface area (Å²) in [7, 11) is 1.68. The molecule has 0 radical (unpaired) electrons. The molecule has 9 nitrogen and oxygen atoms in total. The summed E-state index contributed by atoms with van der Waals surface area (Å²) in [5.41, 5.74) is 5.77. The van der Waals surface area contributed by atoms with Crippen LogP contribution in [0.15, 0.2) is 67.1 Å². The van der Waals surface area contributed by atoms with Crippen molar-refractivity contribution in [3.63, 3.8) is 0 Å². The first-order valence-corrected chi connectivity index (χ1v) is 11.8. The Balaban J connectivity index is 1.23. The molecule has 0 bridgehead atoms. The molecule has 0 amide bonds. The maximum absolute atomic E-state index is 5.55. The van der Waals surface area contributed by atoms with Crippen LogP contribution in [-0.4, -0.2) is 69.0 Å². The zero-order valence-electron chi connectivity index (χ0n) is 19.6. The summed E-state index contributed by atoms with van der Waals surface area (Å²) in [5, 5.41) is 8.08. The molecule has 1 aliphatic rings. The average molecular weight is 470 g/mol. The molecule has 6 rings (SSSR count). The molecule has 0 aliphatic carbocycles. The number of rotatable bonds is 7. The number of imidazole rings is 1. The molecule has 35 heavy (non-hydrogen) atoms. The molecule has 1 fully saturated rings. The predicted molar refractivity (Wildman–Crippen MR) is 135 cm³/mol. The molecule has 5 aromatic rings. The third kappa shape index (κ3) is 4.31. The molecule has 0 atom stereocenters. The van der Waals surface area contributed by atoms with E-state index >= 15 is 0 Å². The van der Waals surface area contributed by atoms with Crippen LogP contribution in [0.2, 0.25) is 0 Å². The SMILES string of the molecule is COc1ccccc1-c1ccc2cnc(Nc3ccc4c(c3)ncn4CCN3CCOCC3)nn12. The van der Waals surface area contributed by atoms with Crippen molar-refractivity contribution in [3.05, 3.63) is 67.1 Å². The molecule has 1 aliphatic heterocycles. The second kappa shape index (κ2) is 9.36. The van der Waals surface area contributed by atoms with Crippen LogP contribution in [0.4, 0.5) is 11.6 Å². The van der Waals surface area contributed by atoms with E-state index in [2.05, 4.69) is 30.8 Å². The van der Waals surface area contributed by atoms with Crippen molar-refractivity contribution < 1.29 is 9.47 Å². The van der Waals surface area contributed by atoms with Gasteiger partial charge in [0.2, 0.25) is 5.95 Å². The van der Waals surface area contributed by atoms with Crippen LogP contribution in [0, 0.1) is 0 Å². The minimum Gasteiger partial charge on any atom is -0.496 e. The molecule has 4 heterocycles. The van der Waals surface area contributed by atoms with E-state index in [1.165, 1.54) is 0 Å². The van der Waals surface area contributed by atoms with Crippen molar-refractivity contribution in [1.82, 2.24) is 29.0 Å². The van der Waals surface area contributed by atoms with Crippen molar-refractivity contribution in [2.75, 3.05) is 45.3 Å². The van der Waals surface area contributed by atoms with Crippen LogP contribution < -0.4 is 10.1 Å². The lowest BCUT2D eigenvalue weighted by atomic mass is 10.1. The fourth-order valence-corrected chi connectivity index (χ4v) is 4.54. The summed E-state index contributed by atoms with van der Waals surface area (Å²) in [5.74, 6) is 1.31. The molecule has 178 valence electrons. The number of nitrogens with zero attached hydrogens (tertiary/aromatic N) is 6. The van der Waals surface area contributed by atoms with E-state index in [0.29, 0.717) is 5.95 Å². The van der Waals surface area contributed by atoms with Crippen LogP contribution in [0.5, 0.6) is 5.75 Å². The molecule has 0 unspecified atom stereocenters. The Morgan fingerprint density at radius 1 is 1.00 bits per heavy atom. The minimum atomic E-state index is 0.510. The summed E-state index contributed by atoms with van der Waals surface area (Å²) in [6.45, 7) is 5.51. The highest BCUT2D eigenvalue weighted by atomic mass is 16.5. The van der Waals surface area contributed by atoms with E-state index in [9.17, 15) is 0 Å². The van der Waals surface area contributed by atoms with E-state index in [1.54, 1.807) is 7.11 Å². The second-order valence-corrected chi connectivity index (χ2v) is 8.56. The number of aromatic nitrogens is 5. The number of benzene rings is 2. The number of para-hydroxylation sites is 1. The van der Waals surface area contributed by atoms with Gasteiger partial charge in [0.15, 0.2) is 0 Å². The number of nitrogens with one attached hydrogen (secondary N) is 1. The lowest BCUT2D eigenvalue weighted by molar-refractivity contribution is 0.0365. The van der Waals surface area contributed by atoms with Gasteiger partial charge in [0.05, 0.1) is 55.1 Å². The summed E-state index contributed by atoms with van der Waals surface area (Å²) in [6, 6.07) is 18.1. The number of methoxy groups -OCH3 is 1. The lowest BCUT2D eigenvalue weighted by Crippen LogP contribution is -2.38. The van der Waals surface area contributed by atoms with Crippen molar-refractivity contribution >= 4 is 28.2 Å². The smallest absolute Gasteiger partial charge is 0.245 e. The molecular weight excluding hydrogens is 442 g/mol. The standard InChI is InChI=1S/C26H27N7O2/c1-34-25-5-3-2-4-21(25)23-9-7-20-17-27-26(30-33(20)23)29-19-6-8-24-22(16-19)28-18-32(24)11-10-31-12-14-35-15-13-31/h2-9,16-18H,10-15H2,1H3,(H,29,30). The number of hydrogen-bond donors (Lipinski definition) is 1. The van der Waals surface area contributed by atoms with E-state index < -0.39 is 0 Å². The van der Waals surface area contributed by atoms with Gasteiger partial charge in [0.1, 0.15) is 5.75 Å². The van der Waals surface area contributed by atoms with Gasteiger partial charge < -0.3 is 19.4 Å². The number of ether oxygens (including phenoxy) is 2. The van der Waals surface area contributed by atoms with E-state index in [1.807, 2.05) is 65.6 Å². The number of fused-ring (bicyclic) bond motifs is 2. The van der Waals surface area contributed by atoms with Crippen LogP contribution in [0.1, 0.15) is 0 Å². The Morgan fingerprint density at radius 2 is 1.89 bits per heavy atom. The Morgan fingerprint density at radius 3 is 2.77 bits per heavy atom. The molecule has 1 N–H and O–H groups in total. The minimum absolute atomic E-state index is 0.510. The van der Waals surface area contributed by atoms with Gasteiger partial charge >= 0.3 is 0 Å². The molecule has 1 saturated heterocycles. The van der Waals surface area contributed by atoms with E-state index in [-0.39, 0.29) is 0 Å². The zero-order valence-corrected chi connectivity index (χ0v) is 19.6. The van der Waals surface area contributed by atoms with Gasteiger partial charge in [0.25, 0.3) is 0 Å². The Bertz CT molecular complexity index is 1470. The molecule has 9 heteroatoms. The molecule has 0 saturated carbocycles. The van der Waals surface area contributed by atoms with Crippen LogP contribution in [0.25, 0.3) is 27.8 Å². The highest BCUT2D eigenvalue weighted by Crippen LogP contribution is 2.31. The van der Waals surface area contributed by atoms with Crippen molar-refractivity contribution in [1.29, 1.82) is 0 Å². The number of anilines is 2. The average Bonchev–Trinajstić information content (AvgIpc) is 3.51. The third-order valence-electron chi connectivity index (χ3n) is 6.42. The first-order chi connectivity index (χ1) is 17.3. The highest BCUT2D eigenvalue weighted by Gasteiger charge is 2.13. The van der Waals surface area contributed by atoms with Crippen molar-refractivity contribution in [2.45, 2.75) is 6.54 Å². The molecule has 0 spiro atoms. The molecule has 3 aromatic heterocycles. The third-order valence-corrected chi connectivity index (χ3v) is 6.42. The topological polar surface area (TPSA) is 81.7 Å². The van der Waals surface area contributed by atoms with Gasteiger partial charge in [0, 0.05) is 37.4 Å². The Hall–Kier alpha value is -3.95. The number of morpholine rings is 1. The Labute approximate surface area is 202 Å². The van der Waals surface area contributed by atoms with Crippen molar-refractivity contribution in [3.8, 4) is 17.0 Å². The highest BCUT2D eigenvalue weighted by molar-refractivity contribution is 5.80. The zero-order chi connectivity index (χ0) is 23.6. The quantitative estimate of drug-likeness (QED) is 0.388.